The molecule has 0 aliphatic rings. The third-order valence-electron chi connectivity index (χ3n) is 5.53. The van der Waals surface area contributed by atoms with E-state index in [-0.39, 0.29) is 35.6 Å². The fraction of sp³-hybridized carbons (Fsp3) is 0. The van der Waals surface area contributed by atoms with E-state index in [9.17, 15) is 0 Å². The maximum absolute atomic E-state index is 2.19. The third-order valence-corrected chi connectivity index (χ3v) is 5.53. The number of benzene rings is 4. The van der Waals surface area contributed by atoms with E-state index < -0.39 is 0 Å². The molecule has 0 N–H and O–H groups in total. The van der Waals surface area contributed by atoms with E-state index >= 15 is 0 Å². The molecule has 0 nitrogen and oxygen atoms in total. The van der Waals surface area contributed by atoms with E-state index in [1.807, 2.05) is 0 Å². The Bertz CT molecular complexity index is 1270. The van der Waals surface area contributed by atoms with Crippen LogP contribution in [-0.4, -0.2) is 0 Å². The molecule has 0 atom stereocenters. The van der Waals surface area contributed by atoms with Crippen LogP contribution in [-0.2, 0) is 26.2 Å². The van der Waals surface area contributed by atoms with E-state index in [2.05, 4.69) is 133 Å². The normalized spacial score (nSPS) is 9.70. The average Bonchev–Trinajstić information content (AvgIpc) is 3.45. The van der Waals surface area contributed by atoms with Crippen LogP contribution in [0.25, 0.3) is 43.8 Å². The maximum atomic E-state index is 2.19. The fourth-order valence-electron chi connectivity index (χ4n) is 4.04. The molecule has 0 amide bonds. The van der Waals surface area contributed by atoms with Gasteiger partial charge in [0.2, 0.25) is 0 Å². The van der Waals surface area contributed by atoms with Gasteiger partial charge in [-0.1, -0.05) is 105 Å². The molecule has 6 aromatic carbocycles. The first-order valence-electron chi connectivity index (χ1n) is 10.3. The van der Waals surface area contributed by atoms with Gasteiger partial charge in [-0.05, 0) is 0 Å². The zero-order valence-corrected chi connectivity index (χ0v) is 20.5. The first-order chi connectivity index (χ1) is 14.9. The van der Waals surface area contributed by atoms with Crippen LogP contribution in [0, 0.1) is 0 Å². The molecule has 0 saturated heterocycles. The van der Waals surface area contributed by atoms with Gasteiger partial charge in [-0.25, -0.2) is 0 Å². The average molecular weight is 514 g/mol. The number of hydrogen-bond donors (Lipinski definition) is 0. The Kier molecular flexibility index (Phi) is 9.63. The Morgan fingerprint density at radius 1 is 0.364 bits per heavy atom. The van der Waals surface area contributed by atoms with Crippen molar-refractivity contribution in [1.82, 2.24) is 0 Å². The molecule has 0 heterocycles. The zero-order valence-electron chi connectivity index (χ0n) is 18.0. The Morgan fingerprint density at radius 2 is 0.697 bits per heavy atom. The Labute approximate surface area is 212 Å². The molecule has 0 unspecified atom stereocenters. The molecule has 33 heavy (non-hydrogen) atoms. The predicted molar refractivity (Wildman–Crippen MR) is 135 cm³/mol. The van der Waals surface area contributed by atoms with Gasteiger partial charge in [0.15, 0.2) is 0 Å². The van der Waals surface area contributed by atoms with Gasteiger partial charge in [0.05, 0.1) is 0 Å². The van der Waals surface area contributed by atoms with Gasteiger partial charge >= 0.3 is 26.2 Å². The molecule has 0 spiro atoms. The SMILES string of the molecule is F.F.[Zr+2].c1ccc(-[c-]2ccc3ccccc32)cc1.c1ccc(-[c-]2ccc3ccccc32)cc1. The molecule has 0 radical (unpaired) electrons. The van der Waals surface area contributed by atoms with Crippen molar-refractivity contribution in [1.29, 1.82) is 0 Å². The summed E-state index contributed by atoms with van der Waals surface area (Å²) in [5, 5.41) is 5.31. The minimum absolute atomic E-state index is 0. The number of hydrogen-bond acceptors (Lipinski definition) is 0. The standard InChI is InChI=1S/2C15H11.2FH.Zr/c2*1-2-6-12(7-3-1)15-11-10-13-8-4-5-9-14(13)15;;;/h2*1-11H;2*1H;/q2*-1;;;+2. The van der Waals surface area contributed by atoms with Crippen LogP contribution in [0.15, 0.2) is 133 Å². The molecule has 0 aliphatic heterocycles. The van der Waals surface area contributed by atoms with E-state index in [1.165, 1.54) is 43.8 Å². The molecule has 0 saturated carbocycles. The minimum atomic E-state index is 0. The van der Waals surface area contributed by atoms with E-state index in [0.717, 1.165) is 0 Å². The van der Waals surface area contributed by atoms with Crippen LogP contribution in [0.3, 0.4) is 0 Å². The summed E-state index contributed by atoms with van der Waals surface area (Å²) in [6.45, 7) is 0. The number of halogens is 2. The topological polar surface area (TPSA) is 0 Å². The summed E-state index contributed by atoms with van der Waals surface area (Å²) in [4.78, 5) is 0. The Balaban J connectivity index is 0.000000214. The molecule has 6 rings (SSSR count). The molecule has 162 valence electrons. The minimum Gasteiger partial charge on any atom is -0.269 e. The molecule has 0 fully saturated rings. The molecular formula is C30H24F2Zr. The van der Waals surface area contributed by atoms with Crippen LogP contribution in [0.1, 0.15) is 0 Å². The fourth-order valence-corrected chi connectivity index (χ4v) is 4.04. The van der Waals surface area contributed by atoms with E-state index in [0.29, 0.717) is 0 Å². The van der Waals surface area contributed by atoms with Gasteiger partial charge in [0.25, 0.3) is 0 Å². The second-order valence-electron chi connectivity index (χ2n) is 7.40. The van der Waals surface area contributed by atoms with Crippen molar-refractivity contribution < 1.29 is 35.6 Å². The summed E-state index contributed by atoms with van der Waals surface area (Å²) < 4.78 is 0. The largest absolute Gasteiger partial charge is 2.00 e. The van der Waals surface area contributed by atoms with Crippen molar-refractivity contribution >= 4 is 21.5 Å². The molecule has 0 aromatic heterocycles. The molecule has 6 aromatic rings. The summed E-state index contributed by atoms with van der Waals surface area (Å²) in [5.41, 5.74) is 5.23. The van der Waals surface area contributed by atoms with Crippen molar-refractivity contribution in [3.05, 3.63) is 133 Å². The quantitative estimate of drug-likeness (QED) is 0.203. The molecule has 3 heteroatoms. The van der Waals surface area contributed by atoms with Crippen LogP contribution in [0.5, 0.6) is 0 Å². The molecule has 0 aliphatic carbocycles. The summed E-state index contributed by atoms with van der Waals surface area (Å²) >= 11 is 0. The summed E-state index contributed by atoms with van der Waals surface area (Å²) in [6.07, 6.45) is 0. The van der Waals surface area contributed by atoms with Crippen molar-refractivity contribution in [3.63, 3.8) is 0 Å². The van der Waals surface area contributed by atoms with Crippen molar-refractivity contribution in [3.8, 4) is 22.3 Å². The third kappa shape index (κ3) is 5.61. The smallest absolute Gasteiger partial charge is 0.269 e. The number of fused-ring (bicyclic) bond motifs is 2. The van der Waals surface area contributed by atoms with Crippen LogP contribution < -0.4 is 0 Å². The Morgan fingerprint density at radius 3 is 1.09 bits per heavy atom. The summed E-state index contributed by atoms with van der Waals surface area (Å²) in [6, 6.07) is 46.8. The monoisotopic (exact) mass is 512 g/mol. The van der Waals surface area contributed by atoms with Crippen molar-refractivity contribution in [2.75, 3.05) is 0 Å². The maximum Gasteiger partial charge on any atom is 2.00 e. The molecule has 0 bridgehead atoms. The second-order valence-corrected chi connectivity index (χ2v) is 7.40. The van der Waals surface area contributed by atoms with Crippen molar-refractivity contribution in [2.24, 2.45) is 0 Å². The van der Waals surface area contributed by atoms with Gasteiger partial charge in [-0.15, -0.1) is 71.8 Å². The first kappa shape index (κ1) is 26.1. The van der Waals surface area contributed by atoms with Gasteiger partial charge in [0, 0.05) is 0 Å². The van der Waals surface area contributed by atoms with Gasteiger partial charge in [0.1, 0.15) is 0 Å². The predicted octanol–water partition coefficient (Wildman–Crippen LogP) is 8.75. The van der Waals surface area contributed by atoms with Gasteiger partial charge in [-0.3, -0.25) is 9.41 Å². The Hall–Kier alpha value is -3.16. The van der Waals surface area contributed by atoms with Gasteiger partial charge in [-0.2, -0.15) is 0 Å². The van der Waals surface area contributed by atoms with E-state index in [1.54, 1.807) is 0 Å². The molecular weight excluding hydrogens is 490 g/mol. The first-order valence-corrected chi connectivity index (χ1v) is 10.3. The van der Waals surface area contributed by atoms with Crippen LogP contribution in [0.4, 0.5) is 9.41 Å². The summed E-state index contributed by atoms with van der Waals surface area (Å²) in [5.74, 6) is 0. The number of rotatable bonds is 2. The second kappa shape index (κ2) is 12.2. The summed E-state index contributed by atoms with van der Waals surface area (Å²) in [7, 11) is 0. The van der Waals surface area contributed by atoms with E-state index in [4.69, 9.17) is 0 Å². The van der Waals surface area contributed by atoms with Crippen LogP contribution >= 0.6 is 0 Å². The van der Waals surface area contributed by atoms with Crippen molar-refractivity contribution in [2.45, 2.75) is 0 Å². The van der Waals surface area contributed by atoms with Crippen LogP contribution in [0.2, 0.25) is 0 Å². The zero-order chi connectivity index (χ0) is 20.2. The van der Waals surface area contributed by atoms with Gasteiger partial charge < -0.3 is 0 Å².